The van der Waals surface area contributed by atoms with Crippen LogP contribution in [-0.2, 0) is 6.54 Å². The van der Waals surface area contributed by atoms with E-state index in [2.05, 4.69) is 37.4 Å². The molecule has 24 heavy (non-hydrogen) atoms. The van der Waals surface area contributed by atoms with Gasteiger partial charge in [-0.05, 0) is 17.0 Å². The van der Waals surface area contributed by atoms with Crippen LogP contribution < -0.4 is 14.8 Å². The first-order valence-corrected chi connectivity index (χ1v) is 8.36. The molecule has 0 radical (unpaired) electrons. The summed E-state index contributed by atoms with van der Waals surface area (Å²) in [7, 11) is 0. The van der Waals surface area contributed by atoms with Crippen LogP contribution in [0.25, 0.3) is 0 Å². The van der Waals surface area contributed by atoms with Crippen molar-refractivity contribution in [2.24, 2.45) is 5.41 Å². The predicted molar refractivity (Wildman–Crippen MR) is 94.3 cm³/mol. The predicted octanol–water partition coefficient (Wildman–Crippen LogP) is 3.31. The van der Waals surface area contributed by atoms with E-state index in [1.54, 1.807) is 0 Å². The van der Waals surface area contributed by atoms with E-state index in [4.69, 9.17) is 9.47 Å². The first-order chi connectivity index (χ1) is 11.6. The molecule has 4 nitrogen and oxygen atoms in total. The Hall–Kier alpha value is -2.04. The standard InChI is InChI=1S/C20H25NO3/c1-20(2,13-22)17(15-7-4-3-5-8-15)12-21-11-16-9-6-10-18-19(16)24-14-23-18/h3-10,17,21-22H,11-14H2,1-2H3. The van der Waals surface area contributed by atoms with Crippen molar-refractivity contribution in [2.45, 2.75) is 26.3 Å². The van der Waals surface area contributed by atoms with Crippen LogP contribution in [0.5, 0.6) is 11.5 Å². The van der Waals surface area contributed by atoms with E-state index in [9.17, 15) is 5.11 Å². The zero-order valence-corrected chi connectivity index (χ0v) is 14.3. The molecule has 0 saturated carbocycles. The van der Waals surface area contributed by atoms with Gasteiger partial charge in [-0.25, -0.2) is 0 Å². The Morgan fingerprint density at radius 2 is 1.88 bits per heavy atom. The molecule has 1 heterocycles. The largest absolute Gasteiger partial charge is 0.454 e. The second-order valence-corrected chi connectivity index (χ2v) is 6.89. The van der Waals surface area contributed by atoms with Gasteiger partial charge in [0.2, 0.25) is 6.79 Å². The van der Waals surface area contributed by atoms with Gasteiger partial charge in [0.1, 0.15) is 0 Å². The van der Waals surface area contributed by atoms with Crippen LogP contribution in [0.4, 0.5) is 0 Å². The van der Waals surface area contributed by atoms with E-state index in [0.717, 1.165) is 23.6 Å². The summed E-state index contributed by atoms with van der Waals surface area (Å²) in [5.41, 5.74) is 2.13. The van der Waals surface area contributed by atoms with Crippen LogP contribution >= 0.6 is 0 Å². The number of aliphatic hydroxyl groups is 1. The van der Waals surface area contributed by atoms with Gasteiger partial charge in [0.15, 0.2) is 11.5 Å². The van der Waals surface area contributed by atoms with Crippen LogP contribution in [0.3, 0.4) is 0 Å². The summed E-state index contributed by atoms with van der Waals surface area (Å²) in [6.45, 7) is 6.12. The first-order valence-electron chi connectivity index (χ1n) is 8.36. The Labute approximate surface area is 143 Å². The average molecular weight is 327 g/mol. The number of aliphatic hydroxyl groups excluding tert-OH is 1. The zero-order valence-electron chi connectivity index (χ0n) is 14.3. The van der Waals surface area contributed by atoms with Gasteiger partial charge in [-0.3, -0.25) is 0 Å². The summed E-state index contributed by atoms with van der Waals surface area (Å²) in [5, 5.41) is 13.3. The number of rotatable bonds is 7. The molecule has 0 saturated heterocycles. The van der Waals surface area contributed by atoms with Crippen molar-refractivity contribution in [2.75, 3.05) is 19.9 Å². The molecule has 128 valence electrons. The Bertz CT molecular complexity index is 670. The highest BCUT2D eigenvalue weighted by Gasteiger charge is 2.30. The number of hydrogen-bond acceptors (Lipinski definition) is 4. The molecule has 0 amide bonds. The fourth-order valence-corrected chi connectivity index (χ4v) is 3.12. The number of hydrogen-bond donors (Lipinski definition) is 2. The highest BCUT2D eigenvalue weighted by Crippen LogP contribution is 2.36. The summed E-state index contributed by atoms with van der Waals surface area (Å²) >= 11 is 0. The van der Waals surface area contributed by atoms with E-state index in [-0.39, 0.29) is 24.7 Å². The van der Waals surface area contributed by atoms with Crippen molar-refractivity contribution in [3.8, 4) is 11.5 Å². The Kier molecular flexibility index (Phi) is 5.07. The lowest BCUT2D eigenvalue weighted by molar-refractivity contribution is 0.129. The number of nitrogens with one attached hydrogen (secondary N) is 1. The number of fused-ring (bicyclic) bond motifs is 1. The molecular weight excluding hydrogens is 302 g/mol. The number of benzene rings is 2. The van der Waals surface area contributed by atoms with Crippen molar-refractivity contribution in [3.05, 3.63) is 59.7 Å². The van der Waals surface area contributed by atoms with Crippen LogP contribution in [0, 0.1) is 5.41 Å². The van der Waals surface area contributed by atoms with Gasteiger partial charge in [0, 0.05) is 31.2 Å². The summed E-state index contributed by atoms with van der Waals surface area (Å²) in [6.07, 6.45) is 0. The molecule has 1 unspecified atom stereocenters. The van der Waals surface area contributed by atoms with E-state index >= 15 is 0 Å². The Morgan fingerprint density at radius 3 is 2.62 bits per heavy atom. The van der Waals surface area contributed by atoms with Gasteiger partial charge in [0.25, 0.3) is 0 Å². The van der Waals surface area contributed by atoms with Gasteiger partial charge >= 0.3 is 0 Å². The first kappa shape index (κ1) is 16.8. The molecule has 0 fully saturated rings. The quantitative estimate of drug-likeness (QED) is 0.819. The fourth-order valence-electron chi connectivity index (χ4n) is 3.12. The molecule has 0 aromatic heterocycles. The minimum Gasteiger partial charge on any atom is -0.454 e. The lowest BCUT2D eigenvalue weighted by Gasteiger charge is -2.33. The third kappa shape index (κ3) is 3.55. The number of para-hydroxylation sites is 1. The molecule has 2 N–H and O–H groups in total. The normalized spacial score (nSPS) is 14.6. The van der Waals surface area contributed by atoms with E-state index < -0.39 is 0 Å². The van der Waals surface area contributed by atoms with Gasteiger partial charge in [-0.2, -0.15) is 0 Å². The van der Waals surface area contributed by atoms with Crippen molar-refractivity contribution in [3.63, 3.8) is 0 Å². The third-order valence-electron chi connectivity index (χ3n) is 4.69. The van der Waals surface area contributed by atoms with Crippen LogP contribution in [0.2, 0.25) is 0 Å². The summed E-state index contributed by atoms with van der Waals surface area (Å²) in [4.78, 5) is 0. The van der Waals surface area contributed by atoms with E-state index in [1.165, 1.54) is 5.56 Å². The molecule has 0 bridgehead atoms. The van der Waals surface area contributed by atoms with Crippen molar-refractivity contribution in [1.29, 1.82) is 0 Å². The monoisotopic (exact) mass is 327 g/mol. The van der Waals surface area contributed by atoms with Gasteiger partial charge < -0.3 is 19.9 Å². The molecular formula is C20H25NO3. The van der Waals surface area contributed by atoms with Gasteiger partial charge in [0.05, 0.1) is 0 Å². The van der Waals surface area contributed by atoms with E-state index in [1.807, 2.05) is 30.3 Å². The summed E-state index contributed by atoms with van der Waals surface area (Å²) in [5.74, 6) is 1.87. The van der Waals surface area contributed by atoms with Crippen molar-refractivity contribution >= 4 is 0 Å². The average Bonchev–Trinajstić information content (AvgIpc) is 3.08. The molecule has 0 aliphatic carbocycles. The third-order valence-corrected chi connectivity index (χ3v) is 4.69. The fraction of sp³-hybridized carbons (Fsp3) is 0.400. The molecule has 2 aromatic rings. The molecule has 1 aliphatic rings. The second kappa shape index (κ2) is 7.24. The molecule has 4 heteroatoms. The van der Waals surface area contributed by atoms with Crippen molar-refractivity contribution < 1.29 is 14.6 Å². The lowest BCUT2D eigenvalue weighted by atomic mass is 9.75. The smallest absolute Gasteiger partial charge is 0.231 e. The van der Waals surface area contributed by atoms with Crippen LogP contribution in [-0.4, -0.2) is 25.1 Å². The van der Waals surface area contributed by atoms with Gasteiger partial charge in [-0.15, -0.1) is 0 Å². The number of ether oxygens (including phenoxy) is 2. The maximum atomic E-state index is 9.80. The topological polar surface area (TPSA) is 50.7 Å². The molecule has 1 aliphatic heterocycles. The minimum atomic E-state index is -0.202. The summed E-state index contributed by atoms with van der Waals surface area (Å²) < 4.78 is 11.0. The van der Waals surface area contributed by atoms with Crippen LogP contribution in [0.1, 0.15) is 30.9 Å². The summed E-state index contributed by atoms with van der Waals surface area (Å²) in [6, 6.07) is 16.3. The highest BCUT2D eigenvalue weighted by atomic mass is 16.7. The molecule has 1 atom stereocenters. The maximum absolute atomic E-state index is 9.80. The maximum Gasteiger partial charge on any atom is 0.231 e. The highest BCUT2D eigenvalue weighted by molar-refractivity contribution is 5.48. The van der Waals surface area contributed by atoms with E-state index in [0.29, 0.717) is 6.54 Å². The Morgan fingerprint density at radius 1 is 1.08 bits per heavy atom. The zero-order chi connectivity index (χ0) is 17.0. The lowest BCUT2D eigenvalue weighted by Crippen LogP contribution is -2.34. The SMILES string of the molecule is CC(C)(CO)C(CNCc1cccc2c1OCO2)c1ccccc1. The minimum absolute atomic E-state index is 0.145. The van der Waals surface area contributed by atoms with Gasteiger partial charge in [-0.1, -0.05) is 56.3 Å². The molecule has 2 aromatic carbocycles. The Balaban J connectivity index is 1.70. The molecule has 3 rings (SSSR count). The second-order valence-electron chi connectivity index (χ2n) is 6.89. The molecule has 0 spiro atoms. The van der Waals surface area contributed by atoms with Crippen LogP contribution in [0.15, 0.2) is 48.5 Å². The van der Waals surface area contributed by atoms with Crippen molar-refractivity contribution in [1.82, 2.24) is 5.32 Å².